The minimum atomic E-state index is -1.26. The van der Waals surface area contributed by atoms with Crippen LogP contribution in [-0.2, 0) is 9.59 Å². The van der Waals surface area contributed by atoms with Gasteiger partial charge in [-0.25, -0.2) is 9.69 Å². The minimum Gasteiger partial charge on any atom is -0.480 e. The van der Waals surface area contributed by atoms with Crippen molar-refractivity contribution in [2.45, 2.75) is 13.8 Å². The van der Waals surface area contributed by atoms with Gasteiger partial charge in [0.2, 0.25) is 0 Å². The number of aliphatic carboxylic acids is 1. The Morgan fingerprint density at radius 2 is 1.96 bits per heavy atom. The molecule has 26 heavy (non-hydrogen) atoms. The second-order valence-electron chi connectivity index (χ2n) is 5.89. The van der Waals surface area contributed by atoms with E-state index < -0.39 is 24.5 Å². The lowest BCUT2D eigenvalue weighted by molar-refractivity contribution is -0.140. The summed E-state index contributed by atoms with van der Waals surface area (Å²) < 4.78 is 1.95. The van der Waals surface area contributed by atoms with Crippen LogP contribution in [0.25, 0.3) is 11.8 Å². The number of hydrogen-bond acceptors (Lipinski definition) is 3. The average Bonchev–Trinajstić information content (AvgIpc) is 2.99. The minimum absolute atomic E-state index is 0.0376. The number of carbonyl (C=O) groups is 3. The zero-order chi connectivity index (χ0) is 19.0. The SMILES string of the molecule is Cc1cc(/C=C2/NC(=O)N(CC(=O)O)C2=O)c(C)n1-c1ccccc1Cl. The molecule has 3 amide bonds. The molecule has 134 valence electrons. The molecule has 0 unspecified atom stereocenters. The Morgan fingerprint density at radius 1 is 1.27 bits per heavy atom. The first kappa shape index (κ1) is 17.8. The monoisotopic (exact) mass is 373 g/mol. The summed E-state index contributed by atoms with van der Waals surface area (Å²) in [6, 6.07) is 8.51. The van der Waals surface area contributed by atoms with E-state index >= 15 is 0 Å². The van der Waals surface area contributed by atoms with Crippen LogP contribution in [-0.4, -0.2) is 39.0 Å². The van der Waals surface area contributed by atoms with E-state index in [1.54, 1.807) is 6.07 Å². The van der Waals surface area contributed by atoms with Crippen molar-refractivity contribution in [3.05, 3.63) is 58.0 Å². The molecular weight excluding hydrogens is 358 g/mol. The molecule has 2 N–H and O–H groups in total. The predicted octanol–water partition coefficient (Wildman–Crippen LogP) is 2.72. The highest BCUT2D eigenvalue weighted by Gasteiger charge is 2.35. The van der Waals surface area contributed by atoms with Crippen LogP contribution in [0.2, 0.25) is 5.02 Å². The first-order chi connectivity index (χ1) is 12.3. The Kier molecular flexibility index (Phi) is 4.56. The molecule has 0 radical (unpaired) electrons. The Balaban J connectivity index is 2.00. The number of urea groups is 1. The molecule has 2 heterocycles. The molecule has 1 aliphatic heterocycles. The van der Waals surface area contributed by atoms with E-state index in [0.29, 0.717) is 9.92 Å². The topological polar surface area (TPSA) is 91.6 Å². The number of benzene rings is 1. The van der Waals surface area contributed by atoms with Crippen LogP contribution >= 0.6 is 11.6 Å². The van der Waals surface area contributed by atoms with Gasteiger partial charge in [0.15, 0.2) is 0 Å². The molecule has 0 atom stereocenters. The van der Waals surface area contributed by atoms with Crippen LogP contribution in [0.5, 0.6) is 0 Å². The fourth-order valence-corrected chi connectivity index (χ4v) is 3.16. The molecule has 1 aromatic carbocycles. The molecule has 1 fully saturated rings. The largest absolute Gasteiger partial charge is 0.480 e. The highest BCUT2D eigenvalue weighted by Crippen LogP contribution is 2.27. The lowest BCUT2D eigenvalue weighted by Gasteiger charge is -2.11. The number of nitrogens with one attached hydrogen (secondary N) is 1. The number of nitrogens with zero attached hydrogens (tertiary/aromatic N) is 2. The number of imide groups is 1. The van der Waals surface area contributed by atoms with Gasteiger partial charge in [-0.3, -0.25) is 9.59 Å². The average molecular weight is 374 g/mol. The lowest BCUT2D eigenvalue weighted by Crippen LogP contribution is -2.35. The maximum absolute atomic E-state index is 12.3. The maximum Gasteiger partial charge on any atom is 0.329 e. The van der Waals surface area contributed by atoms with Crippen molar-refractivity contribution in [2.75, 3.05) is 6.54 Å². The van der Waals surface area contributed by atoms with Crippen LogP contribution in [0.1, 0.15) is 17.0 Å². The Labute approximate surface area is 154 Å². The highest BCUT2D eigenvalue weighted by molar-refractivity contribution is 6.32. The van der Waals surface area contributed by atoms with Crippen LogP contribution in [0.3, 0.4) is 0 Å². The second-order valence-corrected chi connectivity index (χ2v) is 6.29. The standard InChI is InChI=1S/C18H16ClN3O4/c1-10-7-12(11(2)22(10)15-6-4-3-5-13(15)19)8-14-17(25)21(9-16(23)24)18(26)20-14/h3-8H,9H2,1-2H3,(H,20,26)(H,23,24)/b14-8+. The number of carboxylic acid groups (broad SMARTS) is 1. The van der Waals surface area contributed by atoms with E-state index in [0.717, 1.165) is 22.6 Å². The van der Waals surface area contributed by atoms with E-state index in [9.17, 15) is 14.4 Å². The van der Waals surface area contributed by atoms with Gasteiger partial charge in [-0.1, -0.05) is 23.7 Å². The molecule has 1 saturated heterocycles. The quantitative estimate of drug-likeness (QED) is 0.636. The number of carboxylic acids is 1. The Morgan fingerprint density at radius 3 is 2.62 bits per heavy atom. The molecule has 0 spiro atoms. The van der Waals surface area contributed by atoms with Crippen molar-refractivity contribution < 1.29 is 19.5 Å². The van der Waals surface area contributed by atoms with Gasteiger partial charge in [0.1, 0.15) is 12.2 Å². The third-order valence-corrected chi connectivity index (χ3v) is 4.44. The van der Waals surface area contributed by atoms with E-state index in [1.807, 2.05) is 42.7 Å². The van der Waals surface area contributed by atoms with Gasteiger partial charge in [-0.05, 0) is 43.7 Å². The number of aryl methyl sites for hydroxylation is 1. The van der Waals surface area contributed by atoms with Crippen molar-refractivity contribution in [1.82, 2.24) is 14.8 Å². The molecule has 1 aliphatic rings. The number of halogens is 1. The summed E-state index contributed by atoms with van der Waals surface area (Å²) in [7, 11) is 0. The first-order valence-corrected chi connectivity index (χ1v) is 8.17. The van der Waals surface area contributed by atoms with Gasteiger partial charge in [0.05, 0.1) is 10.7 Å². The third kappa shape index (κ3) is 3.09. The molecule has 7 nitrogen and oxygen atoms in total. The normalized spacial score (nSPS) is 15.7. The number of carbonyl (C=O) groups excluding carboxylic acids is 2. The molecular formula is C18H16ClN3O4. The van der Waals surface area contributed by atoms with Crippen molar-refractivity contribution in [3.8, 4) is 5.69 Å². The smallest absolute Gasteiger partial charge is 0.329 e. The second kappa shape index (κ2) is 6.68. The van der Waals surface area contributed by atoms with E-state index in [-0.39, 0.29) is 5.70 Å². The lowest BCUT2D eigenvalue weighted by atomic mass is 10.2. The summed E-state index contributed by atoms with van der Waals surface area (Å²) in [4.78, 5) is 35.5. The molecule has 8 heteroatoms. The van der Waals surface area contributed by atoms with Crippen molar-refractivity contribution in [3.63, 3.8) is 0 Å². The number of para-hydroxylation sites is 1. The molecule has 2 aromatic rings. The summed E-state index contributed by atoms with van der Waals surface area (Å²) in [5, 5.41) is 11.8. The van der Waals surface area contributed by atoms with E-state index in [2.05, 4.69) is 5.32 Å². The highest BCUT2D eigenvalue weighted by atomic mass is 35.5. The van der Waals surface area contributed by atoms with Gasteiger partial charge < -0.3 is 15.0 Å². The van der Waals surface area contributed by atoms with Crippen LogP contribution in [0.4, 0.5) is 4.79 Å². The van der Waals surface area contributed by atoms with Gasteiger partial charge in [0.25, 0.3) is 5.91 Å². The van der Waals surface area contributed by atoms with Gasteiger partial charge in [-0.2, -0.15) is 0 Å². The van der Waals surface area contributed by atoms with Crippen molar-refractivity contribution in [1.29, 1.82) is 0 Å². The van der Waals surface area contributed by atoms with E-state index in [1.165, 1.54) is 6.08 Å². The summed E-state index contributed by atoms with van der Waals surface area (Å²) in [6.45, 7) is 3.10. The first-order valence-electron chi connectivity index (χ1n) is 7.79. The summed E-state index contributed by atoms with van der Waals surface area (Å²) >= 11 is 6.28. The van der Waals surface area contributed by atoms with Crippen LogP contribution in [0.15, 0.2) is 36.0 Å². The molecule has 0 aliphatic carbocycles. The maximum atomic E-state index is 12.3. The van der Waals surface area contributed by atoms with Crippen LogP contribution in [0, 0.1) is 13.8 Å². The number of hydrogen-bond donors (Lipinski definition) is 2. The number of aromatic nitrogens is 1. The molecule has 0 bridgehead atoms. The van der Waals surface area contributed by atoms with E-state index in [4.69, 9.17) is 16.7 Å². The van der Waals surface area contributed by atoms with Gasteiger partial charge in [-0.15, -0.1) is 0 Å². The summed E-state index contributed by atoms with van der Waals surface area (Å²) in [5.41, 5.74) is 3.31. The van der Waals surface area contributed by atoms with Crippen molar-refractivity contribution >= 4 is 35.6 Å². The Hall–Kier alpha value is -3.06. The number of amides is 3. The fourth-order valence-electron chi connectivity index (χ4n) is 2.94. The van der Waals surface area contributed by atoms with Crippen LogP contribution < -0.4 is 5.32 Å². The van der Waals surface area contributed by atoms with Crippen molar-refractivity contribution in [2.24, 2.45) is 0 Å². The molecule has 1 aromatic heterocycles. The fraction of sp³-hybridized carbons (Fsp3) is 0.167. The van der Waals surface area contributed by atoms with Gasteiger partial charge >= 0.3 is 12.0 Å². The summed E-state index contributed by atoms with van der Waals surface area (Å²) in [5.74, 6) is -1.92. The number of rotatable bonds is 4. The zero-order valence-electron chi connectivity index (χ0n) is 14.1. The molecule has 3 rings (SSSR count). The molecule has 0 saturated carbocycles. The zero-order valence-corrected chi connectivity index (χ0v) is 14.9. The predicted molar refractivity (Wildman–Crippen MR) is 96.1 cm³/mol. The summed E-state index contributed by atoms with van der Waals surface area (Å²) in [6.07, 6.45) is 1.54. The Bertz CT molecular complexity index is 961. The third-order valence-electron chi connectivity index (χ3n) is 4.12. The van der Waals surface area contributed by atoms with Gasteiger partial charge in [0, 0.05) is 11.4 Å².